The molecular formula is C16H15F2N3. The van der Waals surface area contributed by atoms with E-state index in [4.69, 9.17) is 5.73 Å². The second-order valence-electron chi connectivity index (χ2n) is 4.80. The number of nitrogens with zero attached hydrogens (tertiary/aromatic N) is 2. The molecule has 0 spiro atoms. The van der Waals surface area contributed by atoms with Crippen molar-refractivity contribution in [3.05, 3.63) is 46.7 Å². The summed E-state index contributed by atoms with van der Waals surface area (Å²) < 4.78 is 27.2. The Bertz CT molecular complexity index is 733. The van der Waals surface area contributed by atoms with Crippen molar-refractivity contribution in [3.8, 4) is 17.2 Å². The van der Waals surface area contributed by atoms with Gasteiger partial charge in [0.15, 0.2) is 0 Å². The zero-order valence-corrected chi connectivity index (χ0v) is 11.9. The molecule has 0 amide bonds. The monoisotopic (exact) mass is 287 g/mol. The molecule has 0 aliphatic heterocycles. The summed E-state index contributed by atoms with van der Waals surface area (Å²) in [7, 11) is 0. The fraction of sp³-hybridized carbons (Fsp3) is 0.250. The summed E-state index contributed by atoms with van der Waals surface area (Å²) in [6.45, 7) is 3.75. The zero-order chi connectivity index (χ0) is 15.6. The van der Waals surface area contributed by atoms with Gasteiger partial charge in [-0.3, -0.25) is 0 Å². The number of hydrogen-bond acceptors (Lipinski definition) is 3. The van der Waals surface area contributed by atoms with E-state index in [0.717, 1.165) is 18.1 Å². The Morgan fingerprint density at radius 3 is 2.62 bits per heavy atom. The van der Waals surface area contributed by atoms with Crippen LogP contribution in [0, 0.1) is 29.9 Å². The number of nitrogen functional groups attached to an aromatic ring is 1. The average Bonchev–Trinajstić information content (AvgIpc) is 2.42. The molecular weight excluding hydrogens is 272 g/mol. The molecule has 0 aliphatic carbocycles. The molecule has 0 saturated carbocycles. The van der Waals surface area contributed by atoms with Gasteiger partial charge in [0.05, 0.1) is 0 Å². The lowest BCUT2D eigenvalue weighted by atomic mass is 9.91. The first-order valence-electron chi connectivity index (χ1n) is 6.64. The maximum atomic E-state index is 14.1. The van der Waals surface area contributed by atoms with Gasteiger partial charge in [-0.05, 0) is 31.0 Å². The molecule has 108 valence electrons. The molecule has 3 nitrogen and oxygen atoms in total. The molecule has 0 bridgehead atoms. The molecule has 1 aromatic carbocycles. The van der Waals surface area contributed by atoms with Gasteiger partial charge in [0.1, 0.15) is 29.1 Å². The van der Waals surface area contributed by atoms with Crippen LogP contribution in [0.15, 0.2) is 18.2 Å². The van der Waals surface area contributed by atoms with Gasteiger partial charge in [-0.25, -0.2) is 13.8 Å². The van der Waals surface area contributed by atoms with E-state index in [1.54, 1.807) is 6.92 Å². The van der Waals surface area contributed by atoms with Crippen LogP contribution in [0.4, 0.5) is 14.6 Å². The zero-order valence-electron chi connectivity index (χ0n) is 11.9. The predicted molar refractivity (Wildman–Crippen MR) is 77.4 cm³/mol. The fourth-order valence-electron chi connectivity index (χ4n) is 2.42. The summed E-state index contributed by atoms with van der Waals surface area (Å²) in [5.41, 5.74) is 7.94. The fourth-order valence-corrected chi connectivity index (χ4v) is 2.42. The summed E-state index contributed by atoms with van der Waals surface area (Å²) in [5, 5.41) is 9.32. The van der Waals surface area contributed by atoms with Crippen molar-refractivity contribution in [2.45, 2.75) is 26.7 Å². The van der Waals surface area contributed by atoms with E-state index in [0.29, 0.717) is 17.7 Å². The van der Waals surface area contributed by atoms with Crippen LogP contribution >= 0.6 is 0 Å². The van der Waals surface area contributed by atoms with Gasteiger partial charge in [0, 0.05) is 22.9 Å². The number of anilines is 1. The van der Waals surface area contributed by atoms with E-state index < -0.39 is 11.6 Å². The van der Waals surface area contributed by atoms with E-state index >= 15 is 0 Å². The van der Waals surface area contributed by atoms with Crippen molar-refractivity contribution >= 4 is 5.82 Å². The molecule has 21 heavy (non-hydrogen) atoms. The van der Waals surface area contributed by atoms with Gasteiger partial charge in [-0.15, -0.1) is 0 Å². The second-order valence-corrected chi connectivity index (χ2v) is 4.80. The van der Waals surface area contributed by atoms with Crippen LogP contribution in [0.25, 0.3) is 11.1 Å². The molecule has 5 heteroatoms. The molecule has 0 unspecified atom stereocenters. The predicted octanol–water partition coefficient (Wildman–Crippen LogP) is 3.74. The third-order valence-electron chi connectivity index (χ3n) is 3.35. The number of pyridine rings is 1. The van der Waals surface area contributed by atoms with Crippen LogP contribution in [0.1, 0.15) is 30.2 Å². The molecule has 0 fully saturated rings. The summed E-state index contributed by atoms with van der Waals surface area (Å²) in [5.74, 6) is -1.31. The van der Waals surface area contributed by atoms with Gasteiger partial charge in [-0.1, -0.05) is 13.3 Å². The highest BCUT2D eigenvalue weighted by atomic mass is 19.1. The Balaban J connectivity index is 2.85. The van der Waals surface area contributed by atoms with E-state index in [1.807, 2.05) is 13.0 Å². The van der Waals surface area contributed by atoms with E-state index in [2.05, 4.69) is 4.98 Å². The maximum absolute atomic E-state index is 14.1. The number of halogens is 2. The molecule has 0 radical (unpaired) electrons. The molecule has 1 heterocycles. The van der Waals surface area contributed by atoms with E-state index in [1.165, 1.54) is 12.1 Å². The van der Waals surface area contributed by atoms with Crippen molar-refractivity contribution in [1.29, 1.82) is 5.26 Å². The Morgan fingerprint density at radius 2 is 2.05 bits per heavy atom. The highest BCUT2D eigenvalue weighted by Crippen LogP contribution is 2.34. The Kier molecular flexibility index (Phi) is 4.18. The van der Waals surface area contributed by atoms with Crippen LogP contribution in [0.5, 0.6) is 0 Å². The van der Waals surface area contributed by atoms with E-state index in [9.17, 15) is 14.0 Å². The first-order chi connectivity index (χ1) is 9.99. The number of rotatable bonds is 3. The summed E-state index contributed by atoms with van der Waals surface area (Å²) in [6, 6.07) is 5.29. The van der Waals surface area contributed by atoms with E-state index in [-0.39, 0.29) is 16.9 Å². The lowest BCUT2D eigenvalue weighted by Gasteiger charge is -2.16. The minimum Gasteiger partial charge on any atom is -0.383 e. The third kappa shape index (κ3) is 2.70. The van der Waals surface area contributed by atoms with Crippen LogP contribution in [0.3, 0.4) is 0 Å². The normalized spacial score (nSPS) is 10.4. The lowest BCUT2D eigenvalue weighted by Crippen LogP contribution is -2.06. The Labute approximate surface area is 122 Å². The molecule has 1 aromatic heterocycles. The van der Waals surface area contributed by atoms with Gasteiger partial charge in [0.2, 0.25) is 0 Å². The number of aryl methyl sites for hydroxylation is 1. The number of aromatic nitrogens is 1. The molecule has 0 atom stereocenters. The number of hydrogen-bond donors (Lipinski definition) is 1. The number of nitriles is 1. The molecule has 0 saturated heterocycles. The highest BCUT2D eigenvalue weighted by Gasteiger charge is 2.20. The quantitative estimate of drug-likeness (QED) is 0.935. The molecule has 2 N–H and O–H groups in total. The summed E-state index contributed by atoms with van der Waals surface area (Å²) >= 11 is 0. The maximum Gasteiger partial charge on any atom is 0.142 e. The van der Waals surface area contributed by atoms with Crippen LogP contribution < -0.4 is 5.73 Å². The van der Waals surface area contributed by atoms with Gasteiger partial charge < -0.3 is 5.73 Å². The topological polar surface area (TPSA) is 62.7 Å². The number of nitrogens with two attached hydrogens (primary N) is 1. The standard InChI is InChI=1S/C16H15F2N3/c1-3-4-11-9(2)21-16(20)13(8-19)15(11)12-6-5-10(17)7-14(12)18/h5-7H,3-4H2,1-2H3,(H2,20,21). The first-order valence-corrected chi connectivity index (χ1v) is 6.64. The lowest BCUT2D eigenvalue weighted by molar-refractivity contribution is 0.585. The minimum absolute atomic E-state index is 0.0635. The SMILES string of the molecule is CCCc1c(C)nc(N)c(C#N)c1-c1ccc(F)cc1F. The summed E-state index contributed by atoms with van der Waals surface area (Å²) in [6.07, 6.45) is 1.45. The van der Waals surface area contributed by atoms with Crippen molar-refractivity contribution in [2.75, 3.05) is 5.73 Å². The summed E-state index contributed by atoms with van der Waals surface area (Å²) in [4.78, 5) is 4.16. The van der Waals surface area contributed by atoms with Crippen LogP contribution in [-0.4, -0.2) is 4.98 Å². The van der Waals surface area contributed by atoms with Crippen molar-refractivity contribution < 1.29 is 8.78 Å². The number of benzene rings is 1. The van der Waals surface area contributed by atoms with Crippen molar-refractivity contribution in [2.24, 2.45) is 0 Å². The van der Waals surface area contributed by atoms with Gasteiger partial charge in [-0.2, -0.15) is 5.26 Å². The smallest absolute Gasteiger partial charge is 0.142 e. The van der Waals surface area contributed by atoms with Crippen LogP contribution in [0.2, 0.25) is 0 Å². The van der Waals surface area contributed by atoms with Crippen molar-refractivity contribution in [1.82, 2.24) is 4.98 Å². The third-order valence-corrected chi connectivity index (χ3v) is 3.35. The molecule has 2 aromatic rings. The molecule has 0 aliphatic rings. The Morgan fingerprint density at radius 1 is 1.33 bits per heavy atom. The highest BCUT2D eigenvalue weighted by molar-refractivity contribution is 5.79. The average molecular weight is 287 g/mol. The van der Waals surface area contributed by atoms with Crippen molar-refractivity contribution in [3.63, 3.8) is 0 Å². The van der Waals surface area contributed by atoms with Crippen LogP contribution in [-0.2, 0) is 6.42 Å². The first kappa shape index (κ1) is 14.9. The minimum atomic E-state index is -0.714. The molecule has 2 rings (SSSR count). The largest absolute Gasteiger partial charge is 0.383 e. The second kappa shape index (κ2) is 5.88. The Hall–Kier alpha value is -2.48. The van der Waals surface area contributed by atoms with Gasteiger partial charge >= 0.3 is 0 Å². The van der Waals surface area contributed by atoms with Gasteiger partial charge in [0.25, 0.3) is 0 Å².